The van der Waals surface area contributed by atoms with Gasteiger partial charge in [-0.15, -0.1) is 11.3 Å². The first-order chi connectivity index (χ1) is 7.59. The molecule has 0 aliphatic rings. The fraction of sp³-hybridized carbons (Fsp3) is 0.167. The molecule has 1 N–H and O–H groups in total. The van der Waals surface area contributed by atoms with Crippen molar-refractivity contribution in [1.82, 2.24) is 0 Å². The van der Waals surface area contributed by atoms with Gasteiger partial charge in [-0.05, 0) is 41.1 Å². The third-order valence-electron chi connectivity index (χ3n) is 2.31. The van der Waals surface area contributed by atoms with E-state index in [1.165, 1.54) is 17.4 Å². The molecule has 0 bridgehead atoms. The normalized spacial score (nSPS) is 12.8. The molecule has 84 valence electrons. The quantitative estimate of drug-likeness (QED) is 0.887. The summed E-state index contributed by atoms with van der Waals surface area (Å²) in [6.07, 6.45) is -0.774. The summed E-state index contributed by atoms with van der Waals surface area (Å²) in [6.45, 7) is 1.97. The summed E-state index contributed by atoms with van der Waals surface area (Å²) in [6, 6.07) is 8.48. The molecular formula is C12H10BrFOS. The van der Waals surface area contributed by atoms with Crippen molar-refractivity contribution in [3.8, 4) is 0 Å². The summed E-state index contributed by atoms with van der Waals surface area (Å²) < 4.78 is 13.6. The summed E-state index contributed by atoms with van der Waals surface area (Å²) in [4.78, 5) is 1.95. The first kappa shape index (κ1) is 11.8. The second-order valence-electron chi connectivity index (χ2n) is 3.49. The Kier molecular flexibility index (Phi) is 3.42. The van der Waals surface area contributed by atoms with Gasteiger partial charge < -0.3 is 5.11 Å². The highest BCUT2D eigenvalue weighted by Crippen LogP contribution is 2.33. The molecule has 0 spiro atoms. The van der Waals surface area contributed by atoms with E-state index in [0.717, 1.165) is 9.75 Å². The summed E-state index contributed by atoms with van der Waals surface area (Å²) in [5.74, 6) is -0.357. The van der Waals surface area contributed by atoms with E-state index < -0.39 is 6.10 Å². The highest BCUT2D eigenvalue weighted by molar-refractivity contribution is 9.10. The van der Waals surface area contributed by atoms with Gasteiger partial charge in [0.2, 0.25) is 0 Å². The molecule has 1 heterocycles. The molecule has 1 aromatic heterocycles. The maximum Gasteiger partial charge on any atom is 0.137 e. The van der Waals surface area contributed by atoms with E-state index in [1.807, 2.05) is 19.1 Å². The molecule has 0 aliphatic heterocycles. The van der Waals surface area contributed by atoms with E-state index in [0.29, 0.717) is 10.0 Å². The summed E-state index contributed by atoms with van der Waals surface area (Å²) in [5, 5.41) is 10.1. The van der Waals surface area contributed by atoms with Gasteiger partial charge in [-0.3, -0.25) is 0 Å². The lowest BCUT2D eigenvalue weighted by Gasteiger charge is -2.11. The molecule has 1 atom stereocenters. The predicted octanol–water partition coefficient (Wildman–Crippen LogP) is 4.04. The Hall–Kier alpha value is -0.710. The van der Waals surface area contributed by atoms with Crippen LogP contribution in [0.5, 0.6) is 0 Å². The van der Waals surface area contributed by atoms with Crippen LogP contribution in [0.1, 0.15) is 21.4 Å². The highest BCUT2D eigenvalue weighted by Gasteiger charge is 2.17. The molecule has 2 aromatic rings. The maximum absolute atomic E-state index is 13.3. The fourth-order valence-electron chi connectivity index (χ4n) is 1.49. The number of halogens is 2. The first-order valence-corrected chi connectivity index (χ1v) is 6.39. The smallest absolute Gasteiger partial charge is 0.137 e. The molecule has 0 radical (unpaired) electrons. The number of aryl methyl sites for hydroxylation is 1. The van der Waals surface area contributed by atoms with Crippen LogP contribution in [0.4, 0.5) is 4.39 Å². The van der Waals surface area contributed by atoms with Gasteiger partial charge in [0.15, 0.2) is 0 Å². The van der Waals surface area contributed by atoms with Crippen LogP contribution in [-0.2, 0) is 0 Å². The van der Waals surface area contributed by atoms with Crippen LogP contribution < -0.4 is 0 Å². The van der Waals surface area contributed by atoms with Gasteiger partial charge in [0, 0.05) is 15.3 Å². The van der Waals surface area contributed by atoms with E-state index in [9.17, 15) is 9.50 Å². The zero-order valence-electron chi connectivity index (χ0n) is 8.58. The van der Waals surface area contributed by atoms with Crippen LogP contribution in [-0.4, -0.2) is 5.11 Å². The minimum atomic E-state index is -0.774. The van der Waals surface area contributed by atoms with Crippen molar-refractivity contribution < 1.29 is 9.50 Å². The third kappa shape index (κ3) is 2.19. The number of benzene rings is 1. The molecule has 1 unspecified atom stereocenters. The topological polar surface area (TPSA) is 20.2 Å². The Morgan fingerprint density at radius 1 is 1.31 bits per heavy atom. The summed E-state index contributed by atoms with van der Waals surface area (Å²) >= 11 is 4.67. The number of rotatable bonds is 2. The van der Waals surface area contributed by atoms with E-state index in [1.54, 1.807) is 12.1 Å². The lowest BCUT2D eigenvalue weighted by atomic mass is 10.1. The third-order valence-corrected chi connectivity index (χ3v) is 4.20. The van der Waals surface area contributed by atoms with Crippen LogP contribution in [0.15, 0.2) is 34.8 Å². The molecule has 0 fully saturated rings. The summed E-state index contributed by atoms with van der Waals surface area (Å²) in [5.41, 5.74) is 0.557. The second-order valence-corrected chi connectivity index (χ2v) is 5.61. The fourth-order valence-corrected chi connectivity index (χ4v) is 2.85. The maximum atomic E-state index is 13.3. The molecule has 1 aromatic carbocycles. The Morgan fingerprint density at radius 2 is 2.06 bits per heavy atom. The van der Waals surface area contributed by atoms with Crippen molar-refractivity contribution in [2.24, 2.45) is 0 Å². The number of hydrogen-bond donors (Lipinski definition) is 1. The lowest BCUT2D eigenvalue weighted by Crippen LogP contribution is -1.99. The monoisotopic (exact) mass is 300 g/mol. The molecule has 4 heteroatoms. The van der Waals surface area contributed by atoms with Crippen LogP contribution in [0.2, 0.25) is 0 Å². The van der Waals surface area contributed by atoms with Crippen LogP contribution in [0, 0.1) is 12.7 Å². The van der Waals surface area contributed by atoms with Gasteiger partial charge in [0.25, 0.3) is 0 Å². The van der Waals surface area contributed by atoms with Crippen LogP contribution >= 0.6 is 27.3 Å². The highest BCUT2D eigenvalue weighted by atomic mass is 79.9. The van der Waals surface area contributed by atoms with Crippen molar-refractivity contribution in [1.29, 1.82) is 0 Å². The first-order valence-electron chi connectivity index (χ1n) is 4.78. The van der Waals surface area contributed by atoms with Gasteiger partial charge in [-0.1, -0.05) is 12.1 Å². The standard InChI is InChI=1S/C12H10BrFOS/c1-7-5-6-10(16-7)12(15)8-3-2-4-9(14)11(8)13/h2-6,12,15H,1H3. The summed E-state index contributed by atoms with van der Waals surface area (Å²) in [7, 11) is 0. The molecule has 16 heavy (non-hydrogen) atoms. The van der Waals surface area contributed by atoms with Crippen molar-refractivity contribution in [2.45, 2.75) is 13.0 Å². The molecule has 0 saturated carbocycles. The Bertz CT molecular complexity index is 509. The van der Waals surface area contributed by atoms with E-state index in [4.69, 9.17) is 0 Å². The SMILES string of the molecule is Cc1ccc(C(O)c2cccc(F)c2Br)s1. The van der Waals surface area contributed by atoms with E-state index >= 15 is 0 Å². The Labute approximate surface area is 106 Å². The minimum Gasteiger partial charge on any atom is -0.383 e. The molecule has 1 nitrogen and oxygen atoms in total. The van der Waals surface area contributed by atoms with Gasteiger partial charge in [-0.25, -0.2) is 4.39 Å². The van der Waals surface area contributed by atoms with Crippen molar-refractivity contribution in [2.75, 3.05) is 0 Å². The van der Waals surface area contributed by atoms with E-state index in [-0.39, 0.29) is 5.82 Å². The molecule has 2 rings (SSSR count). The second kappa shape index (κ2) is 4.65. The lowest BCUT2D eigenvalue weighted by molar-refractivity contribution is 0.222. The van der Waals surface area contributed by atoms with Crippen molar-refractivity contribution in [3.63, 3.8) is 0 Å². The van der Waals surface area contributed by atoms with Gasteiger partial charge in [-0.2, -0.15) is 0 Å². The largest absolute Gasteiger partial charge is 0.383 e. The van der Waals surface area contributed by atoms with Crippen LogP contribution in [0.3, 0.4) is 0 Å². The number of hydrogen-bond acceptors (Lipinski definition) is 2. The minimum absolute atomic E-state index is 0.327. The van der Waals surface area contributed by atoms with Crippen LogP contribution in [0.25, 0.3) is 0 Å². The number of thiophene rings is 1. The Morgan fingerprint density at radius 3 is 2.69 bits per heavy atom. The average Bonchev–Trinajstić information content (AvgIpc) is 2.68. The predicted molar refractivity (Wildman–Crippen MR) is 67.2 cm³/mol. The average molecular weight is 301 g/mol. The zero-order chi connectivity index (χ0) is 11.7. The Balaban J connectivity index is 2.41. The van der Waals surface area contributed by atoms with Crippen molar-refractivity contribution in [3.05, 3.63) is 55.9 Å². The molecule has 0 amide bonds. The zero-order valence-corrected chi connectivity index (χ0v) is 11.0. The molecule has 0 saturated heterocycles. The van der Waals surface area contributed by atoms with E-state index in [2.05, 4.69) is 15.9 Å². The van der Waals surface area contributed by atoms with Gasteiger partial charge in [0.05, 0.1) is 4.47 Å². The van der Waals surface area contributed by atoms with Gasteiger partial charge >= 0.3 is 0 Å². The molecule has 0 aliphatic carbocycles. The number of aliphatic hydroxyl groups excluding tert-OH is 1. The van der Waals surface area contributed by atoms with Gasteiger partial charge in [0.1, 0.15) is 11.9 Å². The number of aliphatic hydroxyl groups is 1. The van der Waals surface area contributed by atoms with Crippen molar-refractivity contribution >= 4 is 27.3 Å². The molecular weight excluding hydrogens is 291 g/mol.